The van der Waals surface area contributed by atoms with Crippen LogP contribution in [0.2, 0.25) is 0 Å². The Kier molecular flexibility index (Phi) is 4.67. The topological polar surface area (TPSA) is 59.6 Å². The smallest absolute Gasteiger partial charge is 0.188 e. The number of hydrogen-bond donors (Lipinski definition) is 2. The van der Waals surface area contributed by atoms with E-state index in [4.69, 9.17) is 10.5 Å². The van der Waals surface area contributed by atoms with E-state index in [9.17, 15) is 0 Å². The van der Waals surface area contributed by atoms with Gasteiger partial charge in [-0.25, -0.2) is 0 Å². The number of guanidine groups is 1. The zero-order chi connectivity index (χ0) is 12.5. The molecule has 104 valence electrons. The lowest BCUT2D eigenvalue weighted by Crippen LogP contribution is -2.35. The van der Waals surface area contributed by atoms with Crippen LogP contribution in [0.1, 0.15) is 17.0 Å². The van der Waals surface area contributed by atoms with Crippen LogP contribution in [-0.4, -0.2) is 32.3 Å². The molecule has 1 aromatic rings. The fraction of sp³-hybridized carbons (Fsp3) is 0.500. The van der Waals surface area contributed by atoms with Crippen molar-refractivity contribution in [2.45, 2.75) is 18.4 Å². The van der Waals surface area contributed by atoms with E-state index in [2.05, 4.69) is 34.6 Å². The van der Waals surface area contributed by atoms with E-state index in [1.807, 2.05) is 0 Å². The molecule has 3 rings (SSSR count). The second-order valence-electron chi connectivity index (χ2n) is 5.02. The maximum Gasteiger partial charge on any atom is 0.188 e. The molecule has 19 heavy (non-hydrogen) atoms. The lowest BCUT2D eigenvalue weighted by Gasteiger charge is -2.09. The van der Waals surface area contributed by atoms with Gasteiger partial charge in [0, 0.05) is 19.1 Å². The second kappa shape index (κ2) is 6.09. The Hall–Kier alpha value is -0.820. The van der Waals surface area contributed by atoms with Gasteiger partial charge in [-0.05, 0) is 23.5 Å². The fourth-order valence-electron chi connectivity index (χ4n) is 3.02. The van der Waals surface area contributed by atoms with Crippen molar-refractivity contribution in [1.29, 1.82) is 0 Å². The first-order chi connectivity index (χ1) is 8.81. The van der Waals surface area contributed by atoms with E-state index < -0.39 is 0 Å². The van der Waals surface area contributed by atoms with Crippen LogP contribution in [0.15, 0.2) is 29.3 Å². The molecule has 1 aromatic carbocycles. The van der Waals surface area contributed by atoms with Crippen molar-refractivity contribution in [2.75, 3.05) is 20.3 Å². The van der Waals surface area contributed by atoms with Crippen LogP contribution < -0.4 is 11.1 Å². The first kappa shape index (κ1) is 14.6. The molecule has 2 aliphatic carbocycles. The molecule has 3 atom stereocenters. The number of ether oxygens (including phenoxy) is 1. The standard InChI is InChI=1S/C14H19N3O.HI/c1-18-7-6-16-14(15)17-13-11-8-9-4-2-3-5-10(9)12(11)13;/h2-5,11-13H,6-8H2,1H3,(H3,15,16,17);1H. The summed E-state index contributed by atoms with van der Waals surface area (Å²) < 4.78 is 4.94. The summed E-state index contributed by atoms with van der Waals surface area (Å²) in [6.07, 6.45) is 1.17. The minimum atomic E-state index is 0. The third kappa shape index (κ3) is 2.86. The summed E-state index contributed by atoms with van der Waals surface area (Å²) in [7, 11) is 1.67. The zero-order valence-corrected chi connectivity index (χ0v) is 13.3. The quantitative estimate of drug-likeness (QED) is 0.364. The molecule has 5 heteroatoms. The highest BCUT2D eigenvalue weighted by Crippen LogP contribution is 2.56. The monoisotopic (exact) mass is 373 g/mol. The van der Waals surface area contributed by atoms with E-state index in [-0.39, 0.29) is 24.0 Å². The number of nitrogens with two attached hydrogens (primary N) is 1. The average Bonchev–Trinajstić information content (AvgIpc) is 2.88. The van der Waals surface area contributed by atoms with Gasteiger partial charge in [-0.2, -0.15) is 0 Å². The van der Waals surface area contributed by atoms with Gasteiger partial charge < -0.3 is 15.8 Å². The van der Waals surface area contributed by atoms with Gasteiger partial charge in [0.2, 0.25) is 0 Å². The van der Waals surface area contributed by atoms with E-state index >= 15 is 0 Å². The number of nitrogens with one attached hydrogen (secondary N) is 1. The van der Waals surface area contributed by atoms with Crippen LogP contribution in [0, 0.1) is 5.92 Å². The van der Waals surface area contributed by atoms with Gasteiger partial charge in [-0.15, -0.1) is 24.0 Å². The Morgan fingerprint density at radius 3 is 3.05 bits per heavy atom. The number of hydrogen-bond acceptors (Lipinski definition) is 2. The minimum Gasteiger partial charge on any atom is -0.383 e. The van der Waals surface area contributed by atoms with Crippen molar-refractivity contribution in [2.24, 2.45) is 16.6 Å². The number of rotatable bonds is 4. The van der Waals surface area contributed by atoms with Gasteiger partial charge >= 0.3 is 0 Å². The number of methoxy groups -OCH3 is 1. The molecule has 0 heterocycles. The van der Waals surface area contributed by atoms with Crippen LogP contribution in [0.3, 0.4) is 0 Å². The van der Waals surface area contributed by atoms with Crippen LogP contribution in [0.4, 0.5) is 0 Å². The second-order valence-corrected chi connectivity index (χ2v) is 5.02. The zero-order valence-electron chi connectivity index (χ0n) is 11.0. The largest absolute Gasteiger partial charge is 0.383 e. The maximum atomic E-state index is 5.86. The van der Waals surface area contributed by atoms with Crippen LogP contribution in [0.5, 0.6) is 0 Å². The van der Waals surface area contributed by atoms with Crippen molar-refractivity contribution in [3.8, 4) is 0 Å². The summed E-state index contributed by atoms with van der Waals surface area (Å²) in [4.78, 5) is 4.24. The molecule has 0 aromatic heterocycles. The third-order valence-corrected chi connectivity index (χ3v) is 3.93. The van der Waals surface area contributed by atoms with Gasteiger partial charge in [0.15, 0.2) is 5.96 Å². The van der Waals surface area contributed by atoms with Crippen molar-refractivity contribution in [3.05, 3.63) is 35.4 Å². The molecular weight excluding hydrogens is 353 g/mol. The molecule has 1 saturated carbocycles. The Morgan fingerprint density at radius 2 is 2.26 bits per heavy atom. The summed E-state index contributed by atoms with van der Waals surface area (Å²) in [6, 6.07) is 9.18. The van der Waals surface area contributed by atoms with E-state index in [1.165, 1.54) is 17.5 Å². The SMILES string of the molecule is COCCN=C(N)NC1C2Cc3ccccc3C21.I. The highest BCUT2D eigenvalue weighted by Gasteiger charge is 2.55. The van der Waals surface area contributed by atoms with Crippen molar-refractivity contribution < 1.29 is 4.74 Å². The molecule has 4 nitrogen and oxygen atoms in total. The van der Waals surface area contributed by atoms with Crippen LogP contribution >= 0.6 is 24.0 Å². The number of aliphatic imine (C=N–C) groups is 1. The van der Waals surface area contributed by atoms with Crippen molar-refractivity contribution in [3.63, 3.8) is 0 Å². The summed E-state index contributed by atoms with van der Waals surface area (Å²) in [5, 5.41) is 3.33. The Labute approximate surface area is 130 Å². The molecule has 2 aliphatic rings. The first-order valence-corrected chi connectivity index (χ1v) is 6.44. The van der Waals surface area contributed by atoms with E-state index in [1.54, 1.807) is 7.11 Å². The molecule has 0 saturated heterocycles. The lowest BCUT2D eigenvalue weighted by molar-refractivity contribution is 0.208. The number of nitrogens with zero attached hydrogens (tertiary/aromatic N) is 1. The highest BCUT2D eigenvalue weighted by molar-refractivity contribution is 14.0. The normalized spacial score (nSPS) is 27.2. The minimum absolute atomic E-state index is 0. The Balaban J connectivity index is 0.00000133. The molecule has 0 amide bonds. The first-order valence-electron chi connectivity index (χ1n) is 6.44. The average molecular weight is 373 g/mol. The summed E-state index contributed by atoms with van der Waals surface area (Å²) in [5.41, 5.74) is 8.85. The van der Waals surface area contributed by atoms with Crippen LogP contribution in [0.25, 0.3) is 0 Å². The third-order valence-electron chi connectivity index (χ3n) is 3.93. The van der Waals surface area contributed by atoms with E-state index in [0.717, 1.165) is 0 Å². The summed E-state index contributed by atoms with van der Waals surface area (Å²) >= 11 is 0. The van der Waals surface area contributed by atoms with Gasteiger partial charge in [0.25, 0.3) is 0 Å². The molecule has 1 fully saturated rings. The fourth-order valence-corrected chi connectivity index (χ4v) is 3.02. The lowest BCUT2D eigenvalue weighted by atomic mass is 10.1. The molecule has 3 N–H and O–H groups in total. The number of fused-ring (bicyclic) bond motifs is 3. The summed E-state index contributed by atoms with van der Waals surface area (Å²) in [5.74, 6) is 1.89. The molecule has 0 radical (unpaired) electrons. The number of halogens is 1. The van der Waals surface area contributed by atoms with Crippen LogP contribution in [-0.2, 0) is 11.2 Å². The number of benzene rings is 1. The van der Waals surface area contributed by atoms with Crippen molar-refractivity contribution in [1.82, 2.24) is 5.32 Å². The molecule has 3 unspecified atom stereocenters. The van der Waals surface area contributed by atoms with Gasteiger partial charge in [-0.3, -0.25) is 4.99 Å². The highest BCUT2D eigenvalue weighted by atomic mass is 127. The Morgan fingerprint density at radius 1 is 1.47 bits per heavy atom. The van der Waals surface area contributed by atoms with Gasteiger partial charge in [0.1, 0.15) is 0 Å². The van der Waals surface area contributed by atoms with Gasteiger partial charge in [0.05, 0.1) is 13.2 Å². The predicted octanol–water partition coefficient (Wildman–Crippen LogP) is 1.49. The molecule has 0 bridgehead atoms. The molecular formula is C14H20IN3O. The maximum absolute atomic E-state index is 5.86. The molecule has 0 aliphatic heterocycles. The van der Waals surface area contributed by atoms with E-state index in [0.29, 0.717) is 37.0 Å². The summed E-state index contributed by atoms with van der Waals surface area (Å²) in [6.45, 7) is 1.23. The Bertz CT molecular complexity index is 478. The van der Waals surface area contributed by atoms with Crippen molar-refractivity contribution >= 4 is 29.9 Å². The van der Waals surface area contributed by atoms with Gasteiger partial charge in [-0.1, -0.05) is 24.3 Å². The molecule has 0 spiro atoms. The predicted molar refractivity (Wildman–Crippen MR) is 87.1 cm³/mol.